The van der Waals surface area contributed by atoms with Crippen molar-refractivity contribution >= 4 is 10.0 Å². The molecule has 0 spiro atoms. The Morgan fingerprint density at radius 2 is 1.90 bits per heavy atom. The molecule has 0 saturated heterocycles. The van der Waals surface area contributed by atoms with E-state index in [0.29, 0.717) is 12.2 Å². The number of nitrogens with one attached hydrogen (secondary N) is 1. The fourth-order valence-electron chi connectivity index (χ4n) is 3.64. The number of fused-ring (bicyclic) bond motifs is 1. The van der Waals surface area contributed by atoms with E-state index in [-0.39, 0.29) is 4.90 Å². The number of allylic oxidation sites excluding steroid dienone is 2. The van der Waals surface area contributed by atoms with Crippen LogP contribution >= 0.6 is 0 Å². The van der Waals surface area contributed by atoms with Crippen LogP contribution in [0.25, 0.3) is 0 Å². The summed E-state index contributed by atoms with van der Waals surface area (Å²) in [6.45, 7) is 10.1. The highest BCUT2D eigenvalue weighted by molar-refractivity contribution is 7.89. The average Bonchev–Trinajstić information content (AvgIpc) is 2.68. The number of ether oxygens (including phenoxy) is 1. The quantitative estimate of drug-likeness (QED) is 0.615. The highest BCUT2D eigenvalue weighted by Crippen LogP contribution is 2.43. The summed E-state index contributed by atoms with van der Waals surface area (Å²) in [6.07, 6.45) is 6.05. The average molecular weight is 412 g/mol. The fraction of sp³-hybridized carbons (Fsp3) is 0.333. The Morgan fingerprint density at radius 1 is 1.21 bits per heavy atom. The number of aryl methyl sites for hydroxylation is 1. The Balaban J connectivity index is 1.93. The highest BCUT2D eigenvalue weighted by atomic mass is 32.2. The molecule has 0 unspecified atom stereocenters. The van der Waals surface area contributed by atoms with E-state index < -0.39 is 21.7 Å². The minimum Gasteiger partial charge on any atom is -0.483 e. The molecule has 29 heavy (non-hydrogen) atoms. The minimum atomic E-state index is -3.66. The highest BCUT2D eigenvalue weighted by Gasteiger charge is 2.39. The van der Waals surface area contributed by atoms with Crippen LogP contribution in [0.5, 0.6) is 5.75 Å². The van der Waals surface area contributed by atoms with Crippen molar-refractivity contribution in [3.05, 3.63) is 84.0 Å². The Labute approximate surface area is 174 Å². The summed E-state index contributed by atoms with van der Waals surface area (Å²) in [4.78, 5) is 0.265. The normalized spacial score (nSPS) is 21.0. The third kappa shape index (κ3) is 4.98. The summed E-state index contributed by atoms with van der Waals surface area (Å²) in [5, 5.41) is 0. The van der Waals surface area contributed by atoms with Gasteiger partial charge in [-0.3, -0.25) is 0 Å². The van der Waals surface area contributed by atoms with Crippen LogP contribution in [0, 0.1) is 6.92 Å². The molecule has 1 aliphatic rings. The lowest BCUT2D eigenvalue weighted by Gasteiger charge is -2.40. The van der Waals surface area contributed by atoms with Crippen molar-refractivity contribution in [2.75, 3.05) is 0 Å². The Morgan fingerprint density at radius 3 is 2.55 bits per heavy atom. The third-order valence-electron chi connectivity index (χ3n) is 5.28. The van der Waals surface area contributed by atoms with Crippen LogP contribution in [0.2, 0.25) is 0 Å². The molecular weight excluding hydrogens is 382 g/mol. The number of rotatable bonds is 7. The first-order chi connectivity index (χ1) is 13.7. The maximum atomic E-state index is 13.0. The van der Waals surface area contributed by atoms with Crippen LogP contribution in [-0.2, 0) is 10.0 Å². The zero-order valence-electron chi connectivity index (χ0n) is 17.3. The monoisotopic (exact) mass is 411 g/mol. The summed E-state index contributed by atoms with van der Waals surface area (Å²) in [5.74, 6) is 0.701. The van der Waals surface area contributed by atoms with Crippen molar-refractivity contribution in [3.8, 4) is 5.75 Å². The molecule has 1 aliphatic heterocycles. The van der Waals surface area contributed by atoms with Crippen LogP contribution in [0.15, 0.2) is 77.7 Å². The Bertz CT molecular complexity index is 1000. The van der Waals surface area contributed by atoms with E-state index in [1.807, 2.05) is 37.3 Å². The van der Waals surface area contributed by atoms with E-state index in [1.165, 1.54) is 5.57 Å². The van der Waals surface area contributed by atoms with Crippen LogP contribution < -0.4 is 9.46 Å². The molecule has 0 fully saturated rings. The van der Waals surface area contributed by atoms with E-state index in [0.717, 1.165) is 24.0 Å². The van der Waals surface area contributed by atoms with E-state index >= 15 is 0 Å². The zero-order valence-corrected chi connectivity index (χ0v) is 18.1. The topological polar surface area (TPSA) is 55.4 Å². The van der Waals surface area contributed by atoms with Crippen LogP contribution in [0.3, 0.4) is 0 Å². The number of hydrogen-bond donors (Lipinski definition) is 1. The number of sulfonamides is 1. The predicted molar refractivity (Wildman–Crippen MR) is 118 cm³/mol. The van der Waals surface area contributed by atoms with Crippen LogP contribution in [0.4, 0.5) is 0 Å². The molecule has 2 aromatic rings. The third-order valence-corrected chi connectivity index (χ3v) is 6.77. The van der Waals surface area contributed by atoms with Gasteiger partial charge in [0, 0.05) is 12.0 Å². The lowest BCUT2D eigenvalue weighted by Crippen LogP contribution is -2.44. The maximum Gasteiger partial charge on any atom is 0.241 e. The van der Waals surface area contributed by atoms with E-state index in [4.69, 9.17) is 4.74 Å². The van der Waals surface area contributed by atoms with E-state index in [9.17, 15) is 8.42 Å². The molecule has 3 rings (SSSR count). The summed E-state index contributed by atoms with van der Waals surface area (Å²) >= 11 is 0. The molecule has 0 radical (unpaired) electrons. The van der Waals surface area contributed by atoms with Gasteiger partial charge in [0.1, 0.15) is 11.4 Å². The molecule has 0 amide bonds. The predicted octanol–water partition coefficient (Wildman–Crippen LogP) is 5.47. The number of para-hydroxylation sites is 1. The molecule has 4 nitrogen and oxygen atoms in total. The molecule has 2 aromatic carbocycles. The van der Waals surface area contributed by atoms with Crippen molar-refractivity contribution in [1.82, 2.24) is 4.72 Å². The summed E-state index contributed by atoms with van der Waals surface area (Å²) < 4.78 is 35.3. The largest absolute Gasteiger partial charge is 0.483 e. The first-order valence-electron chi connectivity index (χ1n) is 9.89. The molecule has 0 aromatic heterocycles. The number of benzene rings is 2. The molecule has 0 bridgehead atoms. The van der Waals surface area contributed by atoms with Crippen molar-refractivity contribution in [3.63, 3.8) is 0 Å². The zero-order chi connectivity index (χ0) is 21.1. The lowest BCUT2D eigenvalue weighted by molar-refractivity contribution is 0.0725. The van der Waals surface area contributed by atoms with Gasteiger partial charge in [-0.05, 0) is 57.9 Å². The summed E-state index contributed by atoms with van der Waals surface area (Å²) in [6, 6.07) is 14.1. The first-order valence-corrected chi connectivity index (χ1v) is 11.4. The number of hydrogen-bond acceptors (Lipinski definition) is 3. The molecule has 1 N–H and O–H groups in total. The first kappa shape index (κ1) is 21.3. The molecule has 0 saturated carbocycles. The second-order valence-electron chi connectivity index (χ2n) is 7.92. The summed E-state index contributed by atoms with van der Waals surface area (Å²) in [5.41, 5.74) is 2.49. The van der Waals surface area contributed by atoms with Crippen LogP contribution in [0.1, 0.15) is 50.3 Å². The van der Waals surface area contributed by atoms with Gasteiger partial charge in [0.15, 0.2) is 0 Å². The minimum absolute atomic E-state index is 0.265. The SMILES string of the molecule is C=C[C@@]1(CCC=C(C)C)C[C@@H](NS(=O)(=O)c2ccc(C)cc2)c2ccccc2O1. The van der Waals surface area contributed by atoms with Gasteiger partial charge in [0.05, 0.1) is 10.9 Å². The van der Waals surface area contributed by atoms with E-state index in [1.54, 1.807) is 24.3 Å². The molecule has 154 valence electrons. The summed E-state index contributed by atoms with van der Waals surface area (Å²) in [7, 11) is -3.66. The standard InChI is InChI=1S/C24H29NO3S/c1-5-24(16-8-9-18(2)3)17-22(21-10-6-7-11-23(21)28-24)25-29(26,27)20-14-12-19(4)13-15-20/h5-7,9-15,22,25H,1,8,16-17H2,2-4H3/t22-,24-/m1/s1. The molecule has 0 aliphatic carbocycles. The van der Waals surface area contributed by atoms with Gasteiger partial charge < -0.3 is 4.74 Å². The van der Waals surface area contributed by atoms with Crippen LogP contribution in [-0.4, -0.2) is 14.0 Å². The van der Waals surface area contributed by atoms with Gasteiger partial charge in [0.25, 0.3) is 0 Å². The fourth-order valence-corrected chi connectivity index (χ4v) is 4.86. The van der Waals surface area contributed by atoms with Crippen molar-refractivity contribution in [2.45, 2.75) is 56.6 Å². The molecule has 1 heterocycles. The second-order valence-corrected chi connectivity index (χ2v) is 9.63. The van der Waals surface area contributed by atoms with Gasteiger partial charge in [0.2, 0.25) is 10.0 Å². The van der Waals surface area contributed by atoms with Gasteiger partial charge >= 0.3 is 0 Å². The van der Waals surface area contributed by atoms with Crippen molar-refractivity contribution < 1.29 is 13.2 Å². The smallest absolute Gasteiger partial charge is 0.241 e. The Kier molecular flexibility index (Phi) is 6.30. The van der Waals surface area contributed by atoms with Gasteiger partial charge in [-0.15, -0.1) is 0 Å². The Hall–Kier alpha value is -2.37. The molecular formula is C24H29NO3S. The molecule has 2 atom stereocenters. The van der Waals surface area contributed by atoms with Gasteiger partial charge in [-0.2, -0.15) is 0 Å². The van der Waals surface area contributed by atoms with Gasteiger partial charge in [-0.1, -0.05) is 54.1 Å². The van der Waals surface area contributed by atoms with Crippen molar-refractivity contribution in [2.24, 2.45) is 0 Å². The van der Waals surface area contributed by atoms with Gasteiger partial charge in [-0.25, -0.2) is 13.1 Å². The molecule has 5 heteroatoms. The van der Waals surface area contributed by atoms with E-state index in [2.05, 4.69) is 31.2 Å². The van der Waals surface area contributed by atoms with Crippen molar-refractivity contribution in [1.29, 1.82) is 0 Å². The lowest BCUT2D eigenvalue weighted by atomic mass is 9.84. The second kappa shape index (κ2) is 8.56. The maximum absolute atomic E-state index is 13.0.